The van der Waals surface area contributed by atoms with E-state index in [1.165, 1.54) is 0 Å². The van der Waals surface area contributed by atoms with Crippen LogP contribution in [-0.4, -0.2) is 60.5 Å². The molecule has 0 saturated carbocycles. The molecule has 5 rings (SSSR count). The fourth-order valence-electron chi connectivity index (χ4n) is 4.74. The molecule has 2 aliphatic rings. The maximum Gasteiger partial charge on any atom is 0.325 e. The fourth-order valence-corrected chi connectivity index (χ4v) is 4.74. The predicted octanol–water partition coefficient (Wildman–Crippen LogP) is 3.08. The van der Waals surface area contributed by atoms with Gasteiger partial charge in [0.2, 0.25) is 5.91 Å². The van der Waals surface area contributed by atoms with Gasteiger partial charge in [0.15, 0.2) is 0 Å². The molecule has 1 atom stereocenters. The van der Waals surface area contributed by atoms with E-state index >= 15 is 0 Å². The Kier molecular flexibility index (Phi) is 6.23. The van der Waals surface area contributed by atoms with E-state index in [0.717, 1.165) is 54.1 Å². The molecule has 0 radical (unpaired) electrons. The zero-order valence-electron chi connectivity index (χ0n) is 19.6. The highest BCUT2D eigenvalue weighted by molar-refractivity contribution is 6.11. The molecule has 0 unspecified atom stereocenters. The summed E-state index contributed by atoms with van der Waals surface area (Å²) in [4.78, 5) is 42.1. The van der Waals surface area contributed by atoms with Gasteiger partial charge in [0.05, 0.1) is 13.2 Å². The highest BCUT2D eigenvalue weighted by Gasteiger charge is 2.50. The number of ether oxygens (including phenoxy) is 1. The SMILES string of the molecule is C[C@]1(c2cccc3ccccc23)NC(=O)N(CC(=O)Nc2ccc(CN3CCOCC3)cc2)C1=O. The molecule has 2 aliphatic heterocycles. The number of rotatable bonds is 6. The van der Waals surface area contributed by atoms with E-state index in [1.807, 2.05) is 66.7 Å². The average molecular weight is 473 g/mol. The summed E-state index contributed by atoms with van der Waals surface area (Å²) in [5, 5.41) is 7.45. The quantitative estimate of drug-likeness (QED) is 0.538. The van der Waals surface area contributed by atoms with Crippen LogP contribution in [0.25, 0.3) is 10.8 Å². The molecule has 8 nitrogen and oxygen atoms in total. The third kappa shape index (κ3) is 4.62. The molecule has 4 amide bonds. The molecule has 2 saturated heterocycles. The van der Waals surface area contributed by atoms with Gasteiger partial charge in [0, 0.05) is 25.3 Å². The van der Waals surface area contributed by atoms with Crippen molar-refractivity contribution in [3.8, 4) is 0 Å². The molecule has 180 valence electrons. The van der Waals surface area contributed by atoms with Crippen molar-refractivity contribution in [1.29, 1.82) is 0 Å². The first kappa shape index (κ1) is 23.0. The van der Waals surface area contributed by atoms with E-state index in [-0.39, 0.29) is 6.54 Å². The van der Waals surface area contributed by atoms with Crippen LogP contribution in [0.2, 0.25) is 0 Å². The summed E-state index contributed by atoms with van der Waals surface area (Å²) < 4.78 is 5.38. The summed E-state index contributed by atoms with van der Waals surface area (Å²) in [5.41, 5.74) is 1.21. The summed E-state index contributed by atoms with van der Waals surface area (Å²) in [5.74, 6) is -0.883. The third-order valence-electron chi connectivity index (χ3n) is 6.65. The van der Waals surface area contributed by atoms with Crippen molar-refractivity contribution >= 4 is 34.3 Å². The Balaban J connectivity index is 1.25. The number of urea groups is 1. The van der Waals surface area contributed by atoms with Crippen LogP contribution in [0.1, 0.15) is 18.1 Å². The lowest BCUT2D eigenvalue weighted by Gasteiger charge is -2.26. The van der Waals surface area contributed by atoms with Crippen molar-refractivity contribution in [3.63, 3.8) is 0 Å². The largest absolute Gasteiger partial charge is 0.379 e. The normalized spacial score (nSPS) is 20.8. The van der Waals surface area contributed by atoms with Crippen molar-refractivity contribution in [2.24, 2.45) is 0 Å². The molecule has 8 heteroatoms. The Hall–Kier alpha value is -3.75. The number of nitrogens with one attached hydrogen (secondary N) is 2. The maximum atomic E-state index is 13.4. The number of hydrogen-bond acceptors (Lipinski definition) is 5. The van der Waals surface area contributed by atoms with Gasteiger partial charge in [-0.25, -0.2) is 4.79 Å². The van der Waals surface area contributed by atoms with Crippen LogP contribution in [0.3, 0.4) is 0 Å². The minimum absolute atomic E-state index is 0.361. The van der Waals surface area contributed by atoms with Crippen LogP contribution in [-0.2, 0) is 26.4 Å². The van der Waals surface area contributed by atoms with Crippen LogP contribution in [0.4, 0.5) is 10.5 Å². The Bertz CT molecular complexity index is 1260. The van der Waals surface area contributed by atoms with Crippen molar-refractivity contribution in [3.05, 3.63) is 77.9 Å². The van der Waals surface area contributed by atoms with E-state index in [4.69, 9.17) is 4.74 Å². The molecule has 0 aromatic heterocycles. The van der Waals surface area contributed by atoms with Crippen molar-refractivity contribution in [2.75, 3.05) is 38.2 Å². The first-order chi connectivity index (χ1) is 16.9. The fraction of sp³-hybridized carbons (Fsp3) is 0.296. The Morgan fingerprint density at radius 2 is 1.71 bits per heavy atom. The van der Waals surface area contributed by atoms with Gasteiger partial charge >= 0.3 is 6.03 Å². The summed E-state index contributed by atoms with van der Waals surface area (Å²) in [7, 11) is 0. The zero-order valence-corrected chi connectivity index (χ0v) is 19.6. The summed E-state index contributed by atoms with van der Waals surface area (Å²) in [6.07, 6.45) is 0. The van der Waals surface area contributed by atoms with Crippen LogP contribution in [0, 0.1) is 0 Å². The van der Waals surface area contributed by atoms with Crippen molar-refractivity contribution in [2.45, 2.75) is 19.0 Å². The number of carbonyl (C=O) groups is 3. The van der Waals surface area contributed by atoms with Crippen molar-refractivity contribution in [1.82, 2.24) is 15.1 Å². The Labute approximate surface area is 203 Å². The maximum absolute atomic E-state index is 13.4. The van der Waals surface area contributed by atoms with Crippen LogP contribution < -0.4 is 10.6 Å². The van der Waals surface area contributed by atoms with Gasteiger partial charge in [0.25, 0.3) is 5.91 Å². The first-order valence-corrected chi connectivity index (χ1v) is 11.8. The summed E-state index contributed by atoms with van der Waals surface area (Å²) >= 11 is 0. The highest BCUT2D eigenvalue weighted by Crippen LogP contribution is 2.33. The Morgan fingerprint density at radius 3 is 2.49 bits per heavy atom. The van der Waals surface area contributed by atoms with Gasteiger partial charge in [-0.3, -0.25) is 19.4 Å². The number of morpholine rings is 1. The number of anilines is 1. The molecule has 35 heavy (non-hydrogen) atoms. The number of amides is 4. The van der Waals surface area contributed by atoms with Gasteiger partial charge in [-0.2, -0.15) is 0 Å². The van der Waals surface area contributed by atoms with E-state index in [2.05, 4.69) is 15.5 Å². The number of imide groups is 1. The highest BCUT2D eigenvalue weighted by atomic mass is 16.5. The van der Waals surface area contributed by atoms with E-state index in [9.17, 15) is 14.4 Å². The number of nitrogens with zero attached hydrogens (tertiary/aromatic N) is 2. The second-order valence-electron chi connectivity index (χ2n) is 9.11. The standard InChI is InChI=1S/C27H28N4O4/c1-27(23-8-4-6-20-5-2-3-7-22(20)23)25(33)31(26(34)29-27)18-24(32)28-21-11-9-19(10-12-21)17-30-13-15-35-16-14-30/h2-12H,13-18H2,1H3,(H,28,32)(H,29,34)/t27-/m1/s1. The Morgan fingerprint density at radius 1 is 1.00 bits per heavy atom. The van der Waals surface area contributed by atoms with Crippen LogP contribution >= 0.6 is 0 Å². The predicted molar refractivity (Wildman–Crippen MR) is 133 cm³/mol. The molecule has 2 heterocycles. The first-order valence-electron chi connectivity index (χ1n) is 11.8. The molecule has 2 N–H and O–H groups in total. The van der Waals surface area contributed by atoms with Crippen molar-refractivity contribution < 1.29 is 19.1 Å². The summed E-state index contributed by atoms with van der Waals surface area (Å²) in [6, 6.07) is 20.4. The molecule has 2 fully saturated rings. The average Bonchev–Trinajstić information content (AvgIpc) is 3.09. The molecular weight excluding hydrogens is 444 g/mol. The molecule has 3 aromatic rings. The van der Waals surface area contributed by atoms with Gasteiger partial charge in [-0.15, -0.1) is 0 Å². The van der Waals surface area contributed by atoms with Gasteiger partial charge in [-0.05, 0) is 41.0 Å². The van der Waals surface area contributed by atoms with Gasteiger partial charge in [0.1, 0.15) is 12.1 Å². The minimum Gasteiger partial charge on any atom is -0.379 e. The molecule has 0 bridgehead atoms. The monoisotopic (exact) mass is 472 g/mol. The molecule has 0 spiro atoms. The van der Waals surface area contributed by atoms with Gasteiger partial charge in [-0.1, -0.05) is 54.6 Å². The lowest BCUT2D eigenvalue weighted by molar-refractivity contribution is -0.133. The third-order valence-corrected chi connectivity index (χ3v) is 6.65. The minimum atomic E-state index is -1.25. The molecular formula is C27H28N4O4. The zero-order chi connectivity index (χ0) is 24.4. The van der Waals surface area contributed by atoms with Gasteiger partial charge < -0.3 is 15.4 Å². The number of benzene rings is 3. The van der Waals surface area contributed by atoms with Crippen LogP contribution in [0.15, 0.2) is 66.7 Å². The number of hydrogen-bond donors (Lipinski definition) is 2. The number of carbonyl (C=O) groups excluding carboxylic acids is 3. The van der Waals surface area contributed by atoms with E-state index in [0.29, 0.717) is 11.3 Å². The van der Waals surface area contributed by atoms with E-state index in [1.54, 1.807) is 6.92 Å². The lowest BCUT2D eigenvalue weighted by Crippen LogP contribution is -2.42. The topological polar surface area (TPSA) is 91.0 Å². The van der Waals surface area contributed by atoms with E-state index < -0.39 is 23.4 Å². The lowest BCUT2D eigenvalue weighted by atomic mass is 9.88. The number of fused-ring (bicyclic) bond motifs is 1. The second kappa shape index (κ2) is 9.48. The molecule has 0 aliphatic carbocycles. The summed E-state index contributed by atoms with van der Waals surface area (Å²) in [6.45, 7) is 5.45. The molecule has 3 aromatic carbocycles. The smallest absolute Gasteiger partial charge is 0.325 e. The second-order valence-corrected chi connectivity index (χ2v) is 9.11. The van der Waals surface area contributed by atoms with Crippen LogP contribution in [0.5, 0.6) is 0 Å².